The van der Waals surface area contributed by atoms with Crippen LogP contribution in [-0.4, -0.2) is 0 Å². The highest BCUT2D eigenvalue weighted by molar-refractivity contribution is 5.30. The largest absolute Gasteiger partial charge is 0.0918 e. The monoisotopic (exact) mass is 132 g/mol. The molecule has 0 N–H and O–H groups in total. The van der Waals surface area contributed by atoms with Crippen molar-refractivity contribution in [2.24, 2.45) is 0 Å². The SMILES string of the molecule is C=C1C=CC=CCCC=C1. The van der Waals surface area contributed by atoms with Crippen LogP contribution in [-0.2, 0) is 0 Å². The van der Waals surface area contributed by atoms with Crippen LogP contribution in [0.4, 0.5) is 0 Å². The first-order valence-electron chi connectivity index (χ1n) is 3.58. The Morgan fingerprint density at radius 3 is 2.70 bits per heavy atom. The molecule has 1 rings (SSSR count). The lowest BCUT2D eigenvalue weighted by atomic mass is 10.2. The van der Waals surface area contributed by atoms with Gasteiger partial charge in [0.25, 0.3) is 0 Å². The zero-order chi connectivity index (χ0) is 7.23. The maximum absolute atomic E-state index is 3.85. The van der Waals surface area contributed by atoms with E-state index in [2.05, 4.69) is 30.9 Å². The van der Waals surface area contributed by atoms with Gasteiger partial charge in [-0.1, -0.05) is 43.0 Å². The molecule has 0 radical (unpaired) electrons. The third kappa shape index (κ3) is 2.49. The van der Waals surface area contributed by atoms with Gasteiger partial charge in [0.2, 0.25) is 0 Å². The van der Waals surface area contributed by atoms with Crippen LogP contribution >= 0.6 is 0 Å². The maximum atomic E-state index is 3.85. The molecule has 0 nitrogen and oxygen atoms in total. The summed E-state index contributed by atoms with van der Waals surface area (Å²) in [4.78, 5) is 0. The fourth-order valence-corrected chi connectivity index (χ4v) is 0.837. The van der Waals surface area contributed by atoms with Crippen LogP contribution in [0.5, 0.6) is 0 Å². The molecule has 0 aromatic heterocycles. The third-order valence-corrected chi connectivity index (χ3v) is 1.39. The summed E-state index contributed by atoms with van der Waals surface area (Å²) in [6.45, 7) is 3.85. The molecule has 0 heteroatoms. The lowest BCUT2D eigenvalue weighted by molar-refractivity contribution is 1.05. The molecule has 1 aliphatic rings. The Hall–Kier alpha value is -1.04. The van der Waals surface area contributed by atoms with E-state index in [9.17, 15) is 0 Å². The molecule has 0 aromatic rings. The van der Waals surface area contributed by atoms with Crippen LogP contribution in [0.1, 0.15) is 12.8 Å². The van der Waals surface area contributed by atoms with Crippen molar-refractivity contribution in [1.82, 2.24) is 0 Å². The van der Waals surface area contributed by atoms with Crippen LogP contribution in [0.25, 0.3) is 0 Å². The summed E-state index contributed by atoms with van der Waals surface area (Å²) in [6.07, 6.45) is 14.7. The second kappa shape index (κ2) is 3.89. The van der Waals surface area contributed by atoms with Crippen molar-refractivity contribution in [2.45, 2.75) is 12.8 Å². The Kier molecular flexibility index (Phi) is 2.75. The molecule has 0 aliphatic heterocycles. The summed E-state index contributed by atoms with van der Waals surface area (Å²) in [5.74, 6) is 0. The summed E-state index contributed by atoms with van der Waals surface area (Å²) in [5.41, 5.74) is 1.08. The average Bonchev–Trinajstić information content (AvgIpc) is 2.02. The number of hydrogen-bond donors (Lipinski definition) is 0. The molecular weight excluding hydrogens is 120 g/mol. The minimum atomic E-state index is 1.08. The van der Waals surface area contributed by atoms with E-state index in [0.717, 1.165) is 18.4 Å². The quantitative estimate of drug-likeness (QED) is 0.475. The Labute approximate surface area is 62.3 Å². The second-order valence-corrected chi connectivity index (χ2v) is 2.34. The van der Waals surface area contributed by atoms with Crippen LogP contribution in [0, 0.1) is 0 Å². The fourth-order valence-electron chi connectivity index (χ4n) is 0.837. The highest BCUT2D eigenvalue weighted by Crippen LogP contribution is 2.02. The Morgan fingerprint density at radius 2 is 1.80 bits per heavy atom. The second-order valence-electron chi connectivity index (χ2n) is 2.34. The highest BCUT2D eigenvalue weighted by atomic mass is 13.9. The molecule has 0 amide bonds. The summed E-state index contributed by atoms with van der Waals surface area (Å²) in [7, 11) is 0. The molecular formula is C10H12. The number of rotatable bonds is 0. The van der Waals surface area contributed by atoms with Crippen molar-refractivity contribution in [2.75, 3.05) is 0 Å². The summed E-state index contributed by atoms with van der Waals surface area (Å²) < 4.78 is 0. The first-order chi connectivity index (χ1) is 4.89. The van der Waals surface area contributed by atoms with E-state index in [0.29, 0.717) is 0 Å². The van der Waals surface area contributed by atoms with Crippen molar-refractivity contribution in [3.05, 3.63) is 48.6 Å². The summed E-state index contributed by atoms with van der Waals surface area (Å²) >= 11 is 0. The maximum Gasteiger partial charge on any atom is -0.0313 e. The van der Waals surface area contributed by atoms with Gasteiger partial charge in [0.15, 0.2) is 0 Å². The van der Waals surface area contributed by atoms with Crippen molar-refractivity contribution >= 4 is 0 Å². The normalized spacial score (nSPS) is 18.2. The molecule has 0 unspecified atom stereocenters. The Morgan fingerprint density at radius 1 is 1.00 bits per heavy atom. The van der Waals surface area contributed by atoms with Crippen molar-refractivity contribution in [3.63, 3.8) is 0 Å². The minimum absolute atomic E-state index is 1.08. The topological polar surface area (TPSA) is 0 Å². The molecule has 0 spiro atoms. The molecule has 0 atom stereocenters. The van der Waals surface area contributed by atoms with E-state index in [4.69, 9.17) is 0 Å². The highest BCUT2D eigenvalue weighted by Gasteiger charge is 1.81. The van der Waals surface area contributed by atoms with Crippen molar-refractivity contribution in [3.8, 4) is 0 Å². The van der Waals surface area contributed by atoms with Gasteiger partial charge in [0.05, 0.1) is 0 Å². The lowest BCUT2D eigenvalue weighted by Crippen LogP contribution is -1.64. The van der Waals surface area contributed by atoms with Crippen LogP contribution < -0.4 is 0 Å². The van der Waals surface area contributed by atoms with Gasteiger partial charge in [-0.25, -0.2) is 0 Å². The smallest absolute Gasteiger partial charge is 0.0313 e. The van der Waals surface area contributed by atoms with Gasteiger partial charge in [0.1, 0.15) is 0 Å². The van der Waals surface area contributed by atoms with Crippen molar-refractivity contribution in [1.29, 1.82) is 0 Å². The first kappa shape index (κ1) is 7.07. The molecule has 1 aliphatic carbocycles. The molecule has 52 valence electrons. The molecule has 10 heavy (non-hydrogen) atoms. The van der Waals surface area contributed by atoms with E-state index in [1.54, 1.807) is 0 Å². The van der Waals surface area contributed by atoms with E-state index >= 15 is 0 Å². The van der Waals surface area contributed by atoms with Gasteiger partial charge in [-0.3, -0.25) is 0 Å². The fraction of sp³-hybridized carbons (Fsp3) is 0.200. The van der Waals surface area contributed by atoms with E-state index in [1.807, 2.05) is 12.2 Å². The van der Waals surface area contributed by atoms with E-state index in [-0.39, 0.29) is 0 Å². The van der Waals surface area contributed by atoms with Gasteiger partial charge in [-0.05, 0) is 18.4 Å². The van der Waals surface area contributed by atoms with Gasteiger partial charge in [-0.2, -0.15) is 0 Å². The van der Waals surface area contributed by atoms with Gasteiger partial charge >= 0.3 is 0 Å². The lowest BCUT2D eigenvalue weighted by Gasteiger charge is -1.85. The van der Waals surface area contributed by atoms with Crippen molar-refractivity contribution < 1.29 is 0 Å². The Balaban J connectivity index is 2.64. The predicted octanol–water partition coefficient (Wildman–Crippen LogP) is 3.01. The van der Waals surface area contributed by atoms with Gasteiger partial charge < -0.3 is 0 Å². The van der Waals surface area contributed by atoms with E-state index in [1.165, 1.54) is 0 Å². The molecule has 0 aromatic carbocycles. The zero-order valence-corrected chi connectivity index (χ0v) is 6.09. The predicted molar refractivity (Wildman–Crippen MR) is 45.8 cm³/mol. The summed E-state index contributed by atoms with van der Waals surface area (Å²) in [6, 6.07) is 0. The molecule has 0 fully saturated rings. The minimum Gasteiger partial charge on any atom is -0.0918 e. The standard InChI is InChI=1S/C10H12/c1-10-8-6-4-2-3-5-7-9-10/h2,4,6-9H,1,3,5H2. The summed E-state index contributed by atoms with van der Waals surface area (Å²) in [5, 5.41) is 0. The average molecular weight is 132 g/mol. The van der Waals surface area contributed by atoms with Gasteiger partial charge in [0, 0.05) is 0 Å². The van der Waals surface area contributed by atoms with E-state index < -0.39 is 0 Å². The van der Waals surface area contributed by atoms with Crippen LogP contribution in [0.2, 0.25) is 0 Å². The molecule has 0 heterocycles. The molecule has 0 bridgehead atoms. The van der Waals surface area contributed by atoms with Crippen LogP contribution in [0.3, 0.4) is 0 Å². The Bertz CT molecular complexity index is 192. The first-order valence-corrected chi connectivity index (χ1v) is 3.58. The number of allylic oxidation sites excluding steroid dienone is 7. The van der Waals surface area contributed by atoms with Gasteiger partial charge in [-0.15, -0.1) is 0 Å². The number of hydrogen-bond acceptors (Lipinski definition) is 0. The van der Waals surface area contributed by atoms with Crippen LogP contribution in [0.15, 0.2) is 48.6 Å². The zero-order valence-electron chi connectivity index (χ0n) is 6.09. The molecule has 0 saturated carbocycles. The molecule has 0 saturated heterocycles. The third-order valence-electron chi connectivity index (χ3n) is 1.39.